The molecule has 0 aliphatic carbocycles. The van der Waals surface area contributed by atoms with E-state index in [4.69, 9.17) is 4.63 Å². The summed E-state index contributed by atoms with van der Waals surface area (Å²) in [6.07, 6.45) is 4.97. The molecule has 0 aliphatic heterocycles. The van der Waals surface area contributed by atoms with Crippen molar-refractivity contribution in [2.24, 2.45) is 5.92 Å². The number of rotatable bonds is 17. The summed E-state index contributed by atoms with van der Waals surface area (Å²) in [5.41, 5.74) is 2.22. The van der Waals surface area contributed by atoms with Crippen molar-refractivity contribution >= 4 is 40.3 Å². The van der Waals surface area contributed by atoms with Gasteiger partial charge in [0.05, 0.1) is 10.6 Å². The average Bonchev–Trinajstić information content (AvgIpc) is 3.44. The molecule has 13 nitrogen and oxygen atoms in total. The van der Waals surface area contributed by atoms with Crippen molar-refractivity contribution in [3.8, 4) is 0 Å². The number of benzene rings is 2. The third-order valence-corrected chi connectivity index (χ3v) is 6.23. The van der Waals surface area contributed by atoms with Crippen LogP contribution in [0.1, 0.15) is 51.5 Å². The Kier molecular flexibility index (Phi) is 10.4. The van der Waals surface area contributed by atoms with Crippen molar-refractivity contribution in [2.75, 3.05) is 40.9 Å². The lowest BCUT2D eigenvalue weighted by Crippen LogP contribution is -2.14. The maximum absolute atomic E-state index is 11.1. The van der Waals surface area contributed by atoms with E-state index in [0.717, 1.165) is 50.8 Å². The minimum absolute atomic E-state index is 0.120. The first-order valence-electron chi connectivity index (χ1n) is 13.6. The molecule has 0 amide bonds. The van der Waals surface area contributed by atoms with Gasteiger partial charge in [0.2, 0.25) is 23.4 Å². The van der Waals surface area contributed by atoms with Crippen LogP contribution in [-0.2, 0) is 6.54 Å². The average molecular weight is 549 g/mol. The predicted molar refractivity (Wildman–Crippen MR) is 155 cm³/mol. The molecule has 0 aliphatic rings. The molecule has 2 aromatic heterocycles. The fraction of sp³-hybridized carbons (Fsp3) is 0.444. The number of fused-ring (bicyclic) bond motifs is 1. The molecule has 0 fully saturated rings. The van der Waals surface area contributed by atoms with Crippen molar-refractivity contribution in [3.05, 3.63) is 58.1 Å². The minimum Gasteiger partial charge on any atom is -0.383 e. The summed E-state index contributed by atoms with van der Waals surface area (Å²) in [5, 5.41) is 31.8. The Hall–Kier alpha value is -4.55. The van der Waals surface area contributed by atoms with E-state index in [2.05, 4.69) is 72.5 Å². The van der Waals surface area contributed by atoms with E-state index in [1.165, 1.54) is 6.07 Å². The maximum Gasteiger partial charge on any atom is 0.300 e. The zero-order valence-electron chi connectivity index (χ0n) is 22.9. The second-order valence-corrected chi connectivity index (χ2v) is 9.87. The van der Waals surface area contributed by atoms with Crippen LogP contribution in [0.15, 0.2) is 47.1 Å². The Morgan fingerprint density at radius 1 is 0.775 bits per heavy atom. The van der Waals surface area contributed by atoms with Gasteiger partial charge in [-0.2, -0.15) is 15.0 Å². The second-order valence-electron chi connectivity index (χ2n) is 9.87. The second kappa shape index (κ2) is 14.6. The van der Waals surface area contributed by atoms with Gasteiger partial charge in [0.25, 0.3) is 0 Å². The maximum atomic E-state index is 11.1. The highest BCUT2D eigenvalue weighted by Gasteiger charge is 2.19. The lowest BCUT2D eigenvalue weighted by Gasteiger charge is -2.12. The standard InChI is InChI=1S/C27H36N10O3/c1-19(2)14-17-30-26-32-25(33-27(34-26)31-18-20-10-6-5-7-11-20)29-16-9-4-3-8-15-28-21-12-13-22(37(38)39)24-23(21)35-40-36-24/h5-7,10-13,19,28H,3-4,8-9,14-18H2,1-2H3,(H3,29,30,31,32,33,34). The van der Waals surface area contributed by atoms with Crippen LogP contribution in [-0.4, -0.2) is 49.8 Å². The number of nitro benzene ring substituents is 1. The predicted octanol–water partition coefficient (Wildman–Crippen LogP) is 5.47. The Labute approximate surface area is 232 Å². The zero-order chi connectivity index (χ0) is 28.2. The van der Waals surface area contributed by atoms with Crippen LogP contribution in [0.3, 0.4) is 0 Å². The molecule has 2 heterocycles. The molecule has 0 saturated heterocycles. The van der Waals surface area contributed by atoms with Crippen LogP contribution in [0.2, 0.25) is 0 Å². The zero-order valence-corrected chi connectivity index (χ0v) is 22.9. The molecule has 2 aromatic carbocycles. The van der Waals surface area contributed by atoms with Crippen LogP contribution in [0.5, 0.6) is 0 Å². The Balaban J connectivity index is 1.21. The molecule has 0 saturated carbocycles. The number of nitro groups is 1. The lowest BCUT2D eigenvalue weighted by atomic mass is 10.1. The van der Waals surface area contributed by atoms with Crippen molar-refractivity contribution in [2.45, 2.75) is 52.5 Å². The topological polar surface area (TPSA) is 169 Å². The van der Waals surface area contributed by atoms with Gasteiger partial charge in [0.1, 0.15) is 0 Å². The Morgan fingerprint density at radius 2 is 1.40 bits per heavy atom. The van der Waals surface area contributed by atoms with Crippen LogP contribution in [0.4, 0.5) is 29.2 Å². The molecule has 40 heavy (non-hydrogen) atoms. The van der Waals surface area contributed by atoms with Crippen molar-refractivity contribution < 1.29 is 9.55 Å². The van der Waals surface area contributed by atoms with Crippen molar-refractivity contribution in [1.82, 2.24) is 25.3 Å². The first kappa shape index (κ1) is 28.5. The smallest absolute Gasteiger partial charge is 0.300 e. The van der Waals surface area contributed by atoms with Gasteiger partial charge in [-0.25, -0.2) is 4.63 Å². The highest BCUT2D eigenvalue weighted by molar-refractivity contribution is 5.93. The van der Waals surface area contributed by atoms with E-state index in [-0.39, 0.29) is 11.2 Å². The fourth-order valence-electron chi connectivity index (χ4n) is 4.03. The van der Waals surface area contributed by atoms with Gasteiger partial charge in [-0.1, -0.05) is 57.0 Å². The number of unbranched alkanes of at least 4 members (excludes halogenated alkanes) is 3. The van der Waals surface area contributed by atoms with Gasteiger partial charge in [-0.05, 0) is 47.1 Å². The van der Waals surface area contributed by atoms with Crippen LogP contribution in [0, 0.1) is 16.0 Å². The number of non-ortho nitro benzene ring substituents is 1. The number of anilines is 4. The van der Waals surface area contributed by atoms with Crippen LogP contribution >= 0.6 is 0 Å². The number of hydrogen-bond acceptors (Lipinski definition) is 12. The number of aromatic nitrogens is 5. The van der Waals surface area contributed by atoms with Crippen molar-refractivity contribution in [1.29, 1.82) is 0 Å². The number of hydrogen-bond donors (Lipinski definition) is 4. The molecule has 0 atom stereocenters. The van der Waals surface area contributed by atoms with Crippen molar-refractivity contribution in [3.63, 3.8) is 0 Å². The van der Waals surface area contributed by atoms with Crippen LogP contribution in [0.25, 0.3) is 11.0 Å². The molecular weight excluding hydrogens is 512 g/mol. The van der Waals surface area contributed by atoms with E-state index in [1.807, 2.05) is 18.2 Å². The van der Waals surface area contributed by atoms with Gasteiger partial charge < -0.3 is 21.3 Å². The fourth-order valence-corrected chi connectivity index (χ4v) is 4.03. The Bertz CT molecular complexity index is 1360. The summed E-state index contributed by atoms with van der Waals surface area (Å²) < 4.78 is 4.71. The summed E-state index contributed by atoms with van der Waals surface area (Å²) in [6, 6.07) is 13.2. The van der Waals surface area contributed by atoms with E-state index in [0.29, 0.717) is 48.1 Å². The summed E-state index contributed by atoms with van der Waals surface area (Å²) in [7, 11) is 0. The lowest BCUT2D eigenvalue weighted by molar-refractivity contribution is -0.383. The van der Waals surface area contributed by atoms with E-state index in [1.54, 1.807) is 6.07 Å². The first-order valence-corrected chi connectivity index (χ1v) is 13.6. The Morgan fingerprint density at radius 3 is 2.08 bits per heavy atom. The SMILES string of the molecule is CC(C)CCNc1nc(NCCCCCCNc2ccc([N+](=O)[O-])c3nonc23)nc(NCc2ccccc2)n1. The van der Waals surface area contributed by atoms with Gasteiger partial charge in [0, 0.05) is 32.2 Å². The van der Waals surface area contributed by atoms with E-state index in [9.17, 15) is 10.1 Å². The molecule has 4 aromatic rings. The third kappa shape index (κ3) is 8.48. The molecule has 212 valence electrons. The number of nitrogens with zero attached hydrogens (tertiary/aromatic N) is 6. The van der Waals surface area contributed by atoms with E-state index >= 15 is 0 Å². The molecule has 13 heteroatoms. The molecule has 4 N–H and O–H groups in total. The van der Waals surface area contributed by atoms with Gasteiger partial charge >= 0.3 is 5.69 Å². The molecule has 4 rings (SSSR count). The first-order chi connectivity index (χ1) is 19.5. The highest BCUT2D eigenvalue weighted by Crippen LogP contribution is 2.28. The summed E-state index contributed by atoms with van der Waals surface area (Å²) in [6.45, 7) is 7.26. The van der Waals surface area contributed by atoms with Gasteiger partial charge in [-0.3, -0.25) is 10.1 Å². The highest BCUT2D eigenvalue weighted by atomic mass is 16.6. The largest absolute Gasteiger partial charge is 0.383 e. The summed E-state index contributed by atoms with van der Waals surface area (Å²) >= 11 is 0. The van der Waals surface area contributed by atoms with Gasteiger partial charge in [0.15, 0.2) is 5.52 Å². The third-order valence-electron chi connectivity index (χ3n) is 6.23. The minimum atomic E-state index is -0.492. The summed E-state index contributed by atoms with van der Waals surface area (Å²) in [4.78, 5) is 24.3. The van der Waals surface area contributed by atoms with E-state index < -0.39 is 4.92 Å². The molecule has 0 bridgehead atoms. The summed E-state index contributed by atoms with van der Waals surface area (Å²) in [5.74, 6) is 2.22. The number of nitrogens with one attached hydrogen (secondary N) is 4. The normalized spacial score (nSPS) is 11.1. The van der Waals surface area contributed by atoms with Crippen LogP contribution < -0.4 is 21.3 Å². The quantitative estimate of drug-likeness (QED) is 0.0746. The molecule has 0 radical (unpaired) electrons. The molecule has 0 spiro atoms. The van der Waals surface area contributed by atoms with Gasteiger partial charge in [-0.15, -0.1) is 0 Å². The molecule has 0 unspecified atom stereocenters. The monoisotopic (exact) mass is 548 g/mol. The molecular formula is C27H36N10O3.